The van der Waals surface area contributed by atoms with Crippen LogP contribution in [0.5, 0.6) is 0 Å². The molecule has 2 aromatic rings. The van der Waals surface area contributed by atoms with Gasteiger partial charge in [-0.15, -0.1) is 11.3 Å². The Balaban J connectivity index is 2.27. The molecule has 0 aliphatic rings. The Labute approximate surface area is 112 Å². The van der Waals surface area contributed by atoms with Gasteiger partial charge in [-0.05, 0) is 22.6 Å². The van der Waals surface area contributed by atoms with Crippen LogP contribution < -0.4 is 0 Å². The zero-order valence-corrected chi connectivity index (χ0v) is 10.5. The number of nitrogens with zero attached hydrogens (tertiary/aromatic N) is 1. The largest absolute Gasteiger partial charge is 0.477 e. The summed E-state index contributed by atoms with van der Waals surface area (Å²) >= 11 is 1.14. The Morgan fingerprint density at radius 3 is 2.79 bits per heavy atom. The van der Waals surface area contributed by atoms with Crippen molar-refractivity contribution in [3.63, 3.8) is 0 Å². The van der Waals surface area contributed by atoms with Crippen LogP contribution in [0.25, 0.3) is 12.2 Å². The third kappa shape index (κ3) is 3.05. The highest BCUT2D eigenvalue weighted by Crippen LogP contribution is 2.20. The fourth-order valence-corrected chi connectivity index (χ4v) is 2.28. The number of hydrogen-bond acceptors (Lipinski definition) is 4. The molecular weight excluding hydrogens is 266 g/mol. The summed E-state index contributed by atoms with van der Waals surface area (Å²) in [5.74, 6) is -0.978. The normalized spacial score (nSPS) is 10.7. The van der Waals surface area contributed by atoms with E-state index in [1.807, 2.05) is 0 Å². The molecule has 19 heavy (non-hydrogen) atoms. The first-order valence-electron chi connectivity index (χ1n) is 5.31. The number of carbonyl (C=O) groups is 1. The number of carboxylic acid groups (broad SMARTS) is 1. The molecule has 96 valence electrons. The number of aromatic carboxylic acids is 1. The van der Waals surface area contributed by atoms with Crippen molar-refractivity contribution in [3.05, 3.63) is 61.8 Å². The van der Waals surface area contributed by atoms with Gasteiger partial charge in [-0.3, -0.25) is 10.1 Å². The van der Waals surface area contributed by atoms with E-state index in [2.05, 4.69) is 0 Å². The Morgan fingerprint density at radius 1 is 1.32 bits per heavy atom. The quantitative estimate of drug-likeness (QED) is 0.683. The van der Waals surface area contributed by atoms with Crippen LogP contribution in [0.15, 0.2) is 35.7 Å². The van der Waals surface area contributed by atoms with Gasteiger partial charge in [-0.1, -0.05) is 24.3 Å². The molecule has 2 rings (SSSR count). The van der Waals surface area contributed by atoms with E-state index in [0.29, 0.717) is 11.1 Å². The van der Waals surface area contributed by atoms with Crippen molar-refractivity contribution in [2.45, 2.75) is 0 Å². The summed E-state index contributed by atoms with van der Waals surface area (Å²) in [6.45, 7) is 0. The summed E-state index contributed by atoms with van der Waals surface area (Å²) < 4.78 is 0. The summed E-state index contributed by atoms with van der Waals surface area (Å²) in [5, 5.41) is 21.3. The van der Waals surface area contributed by atoms with Gasteiger partial charge in [0.05, 0.1) is 4.92 Å². The van der Waals surface area contributed by atoms with Gasteiger partial charge in [0.2, 0.25) is 0 Å². The lowest BCUT2D eigenvalue weighted by molar-refractivity contribution is -0.384. The molecule has 1 N–H and O–H groups in total. The van der Waals surface area contributed by atoms with E-state index in [1.54, 1.807) is 35.7 Å². The number of carboxylic acids is 1. The number of benzene rings is 1. The van der Waals surface area contributed by atoms with E-state index >= 15 is 0 Å². The molecule has 6 heteroatoms. The molecule has 0 amide bonds. The minimum atomic E-state index is -0.978. The molecule has 0 atom stereocenters. The van der Waals surface area contributed by atoms with Crippen molar-refractivity contribution in [3.8, 4) is 0 Å². The maximum Gasteiger partial charge on any atom is 0.346 e. The number of non-ortho nitro benzene ring substituents is 1. The summed E-state index contributed by atoms with van der Waals surface area (Å²) in [5.41, 5.74) is 1.24. The number of rotatable bonds is 4. The summed E-state index contributed by atoms with van der Waals surface area (Å²) in [7, 11) is 0. The third-order valence-electron chi connectivity index (χ3n) is 2.43. The molecule has 0 radical (unpaired) electrons. The second-order valence-electron chi connectivity index (χ2n) is 3.70. The van der Waals surface area contributed by atoms with Crippen LogP contribution in [0, 0.1) is 10.1 Å². The molecule has 1 aromatic heterocycles. The fraction of sp³-hybridized carbons (Fsp3) is 0. The molecule has 5 nitrogen and oxygen atoms in total. The lowest BCUT2D eigenvalue weighted by atomic mass is 10.1. The van der Waals surface area contributed by atoms with Gasteiger partial charge in [0, 0.05) is 12.1 Å². The smallest absolute Gasteiger partial charge is 0.346 e. The van der Waals surface area contributed by atoms with Crippen LogP contribution >= 0.6 is 11.3 Å². The number of hydrogen-bond donors (Lipinski definition) is 1. The number of thiophene rings is 1. The van der Waals surface area contributed by atoms with Gasteiger partial charge >= 0.3 is 5.97 Å². The highest BCUT2D eigenvalue weighted by atomic mass is 32.1. The van der Waals surface area contributed by atoms with E-state index in [9.17, 15) is 14.9 Å². The van der Waals surface area contributed by atoms with Crippen molar-refractivity contribution in [2.75, 3.05) is 0 Å². The first-order valence-corrected chi connectivity index (χ1v) is 6.19. The zero-order chi connectivity index (χ0) is 13.8. The first kappa shape index (κ1) is 13.0. The predicted molar refractivity (Wildman–Crippen MR) is 73.3 cm³/mol. The van der Waals surface area contributed by atoms with E-state index in [4.69, 9.17) is 5.11 Å². The molecule has 0 aliphatic carbocycles. The van der Waals surface area contributed by atoms with Crippen molar-refractivity contribution in [1.82, 2.24) is 0 Å². The summed E-state index contributed by atoms with van der Waals surface area (Å²) in [4.78, 5) is 21.3. The van der Waals surface area contributed by atoms with E-state index in [0.717, 1.165) is 11.3 Å². The molecule has 0 saturated carbocycles. The topological polar surface area (TPSA) is 80.4 Å². The van der Waals surface area contributed by atoms with Crippen molar-refractivity contribution in [2.24, 2.45) is 0 Å². The number of nitro groups is 1. The molecule has 0 fully saturated rings. The van der Waals surface area contributed by atoms with Crippen molar-refractivity contribution >= 4 is 35.1 Å². The average molecular weight is 275 g/mol. The molecule has 0 unspecified atom stereocenters. The van der Waals surface area contributed by atoms with Crippen LogP contribution in [-0.2, 0) is 0 Å². The van der Waals surface area contributed by atoms with Crippen LogP contribution in [0.3, 0.4) is 0 Å². The summed E-state index contributed by atoms with van der Waals surface area (Å²) in [6, 6.07) is 7.84. The molecule has 1 aromatic carbocycles. The second kappa shape index (κ2) is 5.45. The minimum absolute atomic E-state index is 0.00549. The van der Waals surface area contributed by atoms with Gasteiger partial charge in [0.25, 0.3) is 5.69 Å². The van der Waals surface area contributed by atoms with Crippen molar-refractivity contribution < 1.29 is 14.8 Å². The Kier molecular flexibility index (Phi) is 3.72. The minimum Gasteiger partial charge on any atom is -0.477 e. The molecule has 0 aliphatic heterocycles. The van der Waals surface area contributed by atoms with Crippen LogP contribution in [0.2, 0.25) is 0 Å². The lowest BCUT2D eigenvalue weighted by Gasteiger charge is -1.95. The van der Waals surface area contributed by atoms with E-state index in [1.165, 1.54) is 12.1 Å². The van der Waals surface area contributed by atoms with Crippen molar-refractivity contribution in [1.29, 1.82) is 0 Å². The molecular formula is C13H9NO4S. The average Bonchev–Trinajstić information content (AvgIpc) is 2.85. The second-order valence-corrected chi connectivity index (χ2v) is 4.61. The van der Waals surface area contributed by atoms with Crippen LogP contribution in [0.1, 0.15) is 20.8 Å². The third-order valence-corrected chi connectivity index (χ3v) is 3.34. The predicted octanol–water partition coefficient (Wildman–Crippen LogP) is 3.52. The maximum absolute atomic E-state index is 10.9. The van der Waals surface area contributed by atoms with E-state index in [-0.39, 0.29) is 10.6 Å². The maximum atomic E-state index is 10.9. The molecule has 0 saturated heterocycles. The first-order chi connectivity index (χ1) is 9.08. The molecule has 0 bridgehead atoms. The lowest BCUT2D eigenvalue weighted by Crippen LogP contribution is -1.93. The molecule has 1 heterocycles. The fourth-order valence-electron chi connectivity index (χ4n) is 1.55. The van der Waals surface area contributed by atoms with E-state index < -0.39 is 10.9 Å². The van der Waals surface area contributed by atoms with Gasteiger partial charge in [-0.2, -0.15) is 0 Å². The van der Waals surface area contributed by atoms with Gasteiger partial charge < -0.3 is 5.11 Å². The van der Waals surface area contributed by atoms with Gasteiger partial charge in [-0.25, -0.2) is 4.79 Å². The SMILES string of the molecule is O=C(O)c1sccc1/C=C/c1cccc([N+](=O)[O-])c1. The monoisotopic (exact) mass is 275 g/mol. The van der Waals surface area contributed by atoms with Gasteiger partial charge in [0.15, 0.2) is 0 Å². The number of nitro benzene ring substituents is 1. The standard InChI is InChI=1S/C13H9NO4S/c15-13(16)12-10(6-7-19-12)5-4-9-2-1-3-11(8-9)14(17)18/h1-8H,(H,15,16)/b5-4+. The Hall–Kier alpha value is -2.47. The zero-order valence-electron chi connectivity index (χ0n) is 9.65. The van der Waals surface area contributed by atoms with Gasteiger partial charge in [0.1, 0.15) is 4.88 Å². The summed E-state index contributed by atoms with van der Waals surface area (Å²) in [6.07, 6.45) is 3.29. The highest BCUT2D eigenvalue weighted by Gasteiger charge is 2.09. The Morgan fingerprint density at radius 2 is 2.11 bits per heavy atom. The molecule has 0 spiro atoms. The van der Waals surface area contributed by atoms with Crippen LogP contribution in [0.4, 0.5) is 5.69 Å². The Bertz CT molecular complexity index is 660. The highest BCUT2D eigenvalue weighted by molar-refractivity contribution is 7.12. The van der Waals surface area contributed by atoms with Crippen LogP contribution in [-0.4, -0.2) is 16.0 Å².